The lowest BCUT2D eigenvalue weighted by Gasteiger charge is -2.05. The van der Waals surface area contributed by atoms with Gasteiger partial charge in [-0.25, -0.2) is 0 Å². The third-order valence-corrected chi connectivity index (χ3v) is 2.75. The van der Waals surface area contributed by atoms with Gasteiger partial charge in [0.05, 0.1) is 12.3 Å². The van der Waals surface area contributed by atoms with Gasteiger partial charge in [0.2, 0.25) is 0 Å². The van der Waals surface area contributed by atoms with Gasteiger partial charge in [-0.3, -0.25) is 4.79 Å². The zero-order valence-corrected chi connectivity index (χ0v) is 10.3. The van der Waals surface area contributed by atoms with E-state index in [0.29, 0.717) is 23.7 Å². The molecule has 0 radical (unpaired) electrons. The molecule has 0 bridgehead atoms. The topological polar surface area (TPSA) is 76.1 Å². The molecule has 1 amide bonds. The number of ether oxygens (including phenoxy) is 1. The van der Waals surface area contributed by atoms with Crippen LogP contribution in [0.15, 0.2) is 0 Å². The Morgan fingerprint density at radius 3 is 2.88 bits per heavy atom. The van der Waals surface area contributed by atoms with E-state index in [9.17, 15) is 4.79 Å². The molecular formula is C9H16N4O2S. The first-order valence-electron chi connectivity index (χ1n) is 5.02. The van der Waals surface area contributed by atoms with Gasteiger partial charge in [-0.2, -0.15) is 0 Å². The summed E-state index contributed by atoms with van der Waals surface area (Å²) in [5.41, 5.74) is 0.676. The van der Waals surface area contributed by atoms with E-state index in [2.05, 4.69) is 20.2 Å². The van der Waals surface area contributed by atoms with Crippen LogP contribution < -0.4 is 10.6 Å². The normalized spacial score (nSPS) is 10.4. The SMILES string of the molecule is COCCNCCNC(=O)c1snnc1C. The minimum Gasteiger partial charge on any atom is -0.383 e. The fourth-order valence-corrected chi connectivity index (χ4v) is 1.66. The molecule has 0 aromatic carbocycles. The van der Waals surface area contributed by atoms with Crippen molar-refractivity contribution in [2.45, 2.75) is 6.92 Å². The number of aryl methyl sites for hydroxylation is 1. The van der Waals surface area contributed by atoms with Crippen molar-refractivity contribution in [3.63, 3.8) is 0 Å². The highest BCUT2D eigenvalue weighted by atomic mass is 32.1. The minimum absolute atomic E-state index is 0.110. The molecule has 1 aromatic heterocycles. The van der Waals surface area contributed by atoms with E-state index in [-0.39, 0.29) is 5.91 Å². The molecule has 0 saturated carbocycles. The van der Waals surface area contributed by atoms with Gasteiger partial charge in [-0.15, -0.1) is 5.10 Å². The summed E-state index contributed by atoms with van der Waals surface area (Å²) in [4.78, 5) is 12.2. The molecule has 1 rings (SSSR count). The van der Waals surface area contributed by atoms with Crippen LogP contribution in [-0.4, -0.2) is 48.8 Å². The molecule has 90 valence electrons. The Kier molecular flexibility index (Phi) is 5.91. The Labute approximate surface area is 98.5 Å². The van der Waals surface area contributed by atoms with Crippen LogP contribution in [0.4, 0.5) is 0 Å². The van der Waals surface area contributed by atoms with E-state index < -0.39 is 0 Å². The second-order valence-electron chi connectivity index (χ2n) is 3.19. The molecule has 0 atom stereocenters. The average Bonchev–Trinajstić information content (AvgIpc) is 2.69. The lowest BCUT2D eigenvalue weighted by Crippen LogP contribution is -2.33. The number of carbonyl (C=O) groups excluding carboxylic acids is 1. The van der Waals surface area contributed by atoms with E-state index in [1.807, 2.05) is 0 Å². The summed E-state index contributed by atoms with van der Waals surface area (Å²) in [6.45, 7) is 4.54. The van der Waals surface area contributed by atoms with Crippen LogP contribution >= 0.6 is 11.5 Å². The van der Waals surface area contributed by atoms with Gasteiger partial charge < -0.3 is 15.4 Å². The number of rotatable bonds is 7. The predicted octanol–water partition coefficient (Wildman–Crippen LogP) is -0.188. The first-order valence-corrected chi connectivity index (χ1v) is 5.80. The number of hydrogen-bond donors (Lipinski definition) is 2. The van der Waals surface area contributed by atoms with Crippen LogP contribution in [0.2, 0.25) is 0 Å². The molecule has 0 fully saturated rings. The largest absolute Gasteiger partial charge is 0.383 e. The van der Waals surface area contributed by atoms with E-state index in [1.165, 1.54) is 0 Å². The van der Waals surface area contributed by atoms with Crippen molar-refractivity contribution in [2.75, 3.05) is 33.4 Å². The molecule has 1 aromatic rings. The van der Waals surface area contributed by atoms with Crippen molar-refractivity contribution >= 4 is 17.4 Å². The third-order valence-electron chi connectivity index (χ3n) is 1.93. The zero-order chi connectivity index (χ0) is 11.8. The predicted molar refractivity (Wildman–Crippen MR) is 61.7 cm³/mol. The number of carbonyl (C=O) groups is 1. The molecule has 16 heavy (non-hydrogen) atoms. The highest BCUT2D eigenvalue weighted by Crippen LogP contribution is 2.07. The molecular weight excluding hydrogens is 228 g/mol. The average molecular weight is 244 g/mol. The van der Waals surface area contributed by atoms with Crippen LogP contribution in [0, 0.1) is 6.92 Å². The Morgan fingerprint density at radius 2 is 2.25 bits per heavy atom. The number of amides is 1. The summed E-state index contributed by atoms with van der Waals surface area (Å²) >= 11 is 1.12. The summed E-state index contributed by atoms with van der Waals surface area (Å²) in [6.07, 6.45) is 0. The van der Waals surface area contributed by atoms with Gasteiger partial charge in [-0.05, 0) is 18.5 Å². The monoisotopic (exact) mass is 244 g/mol. The molecule has 6 nitrogen and oxygen atoms in total. The fourth-order valence-electron chi connectivity index (χ4n) is 1.08. The number of methoxy groups -OCH3 is 1. The van der Waals surface area contributed by atoms with Gasteiger partial charge >= 0.3 is 0 Å². The summed E-state index contributed by atoms with van der Waals surface area (Å²) in [6, 6.07) is 0. The van der Waals surface area contributed by atoms with Crippen molar-refractivity contribution in [3.8, 4) is 0 Å². The van der Waals surface area contributed by atoms with Gasteiger partial charge in [0.15, 0.2) is 0 Å². The molecule has 0 aliphatic carbocycles. The van der Waals surface area contributed by atoms with Gasteiger partial charge in [0, 0.05) is 26.7 Å². The number of hydrogen-bond acceptors (Lipinski definition) is 6. The number of nitrogens with zero attached hydrogens (tertiary/aromatic N) is 2. The Hall–Kier alpha value is -1.05. The molecule has 7 heteroatoms. The van der Waals surface area contributed by atoms with Crippen LogP contribution in [0.5, 0.6) is 0 Å². The van der Waals surface area contributed by atoms with Crippen molar-refractivity contribution in [3.05, 3.63) is 10.6 Å². The summed E-state index contributed by atoms with van der Waals surface area (Å²) in [7, 11) is 1.66. The third kappa shape index (κ3) is 4.21. The summed E-state index contributed by atoms with van der Waals surface area (Å²) in [5, 5.41) is 9.71. The fraction of sp³-hybridized carbons (Fsp3) is 0.667. The Bertz CT molecular complexity index is 329. The maximum atomic E-state index is 11.6. The highest BCUT2D eigenvalue weighted by Gasteiger charge is 2.11. The molecule has 0 aliphatic heterocycles. The molecule has 0 unspecified atom stereocenters. The van der Waals surface area contributed by atoms with E-state index in [0.717, 1.165) is 24.6 Å². The minimum atomic E-state index is -0.110. The maximum absolute atomic E-state index is 11.6. The summed E-state index contributed by atoms with van der Waals surface area (Å²) in [5.74, 6) is -0.110. The van der Waals surface area contributed by atoms with Crippen LogP contribution in [0.3, 0.4) is 0 Å². The number of nitrogens with one attached hydrogen (secondary N) is 2. The highest BCUT2D eigenvalue weighted by molar-refractivity contribution is 7.07. The lowest BCUT2D eigenvalue weighted by atomic mass is 10.4. The molecule has 0 saturated heterocycles. The van der Waals surface area contributed by atoms with Crippen molar-refractivity contribution in [2.24, 2.45) is 0 Å². The van der Waals surface area contributed by atoms with Gasteiger partial charge in [0.25, 0.3) is 5.91 Å². The van der Waals surface area contributed by atoms with Gasteiger partial charge in [-0.1, -0.05) is 4.49 Å². The van der Waals surface area contributed by atoms with Crippen LogP contribution in [0.1, 0.15) is 15.4 Å². The molecule has 0 spiro atoms. The first-order chi connectivity index (χ1) is 7.75. The summed E-state index contributed by atoms with van der Waals surface area (Å²) < 4.78 is 8.59. The standard InChI is InChI=1S/C9H16N4O2S/c1-7-8(16-13-12-7)9(14)11-4-3-10-5-6-15-2/h10H,3-6H2,1-2H3,(H,11,14). The first kappa shape index (κ1) is 13.0. The Balaban J connectivity index is 2.14. The molecule has 0 aliphatic rings. The smallest absolute Gasteiger partial charge is 0.264 e. The zero-order valence-electron chi connectivity index (χ0n) is 9.45. The Morgan fingerprint density at radius 1 is 1.44 bits per heavy atom. The second-order valence-corrected chi connectivity index (χ2v) is 3.94. The maximum Gasteiger partial charge on any atom is 0.264 e. The van der Waals surface area contributed by atoms with Crippen LogP contribution in [-0.2, 0) is 4.74 Å². The quantitative estimate of drug-likeness (QED) is 0.650. The second kappa shape index (κ2) is 7.26. The molecule has 1 heterocycles. The van der Waals surface area contributed by atoms with E-state index in [1.54, 1.807) is 14.0 Å². The van der Waals surface area contributed by atoms with Crippen molar-refractivity contribution < 1.29 is 9.53 Å². The molecule has 2 N–H and O–H groups in total. The lowest BCUT2D eigenvalue weighted by molar-refractivity contribution is 0.0957. The number of aromatic nitrogens is 2. The van der Waals surface area contributed by atoms with Crippen LogP contribution in [0.25, 0.3) is 0 Å². The van der Waals surface area contributed by atoms with E-state index >= 15 is 0 Å². The van der Waals surface area contributed by atoms with Crippen molar-refractivity contribution in [1.82, 2.24) is 20.2 Å². The van der Waals surface area contributed by atoms with Gasteiger partial charge in [0.1, 0.15) is 4.88 Å². The van der Waals surface area contributed by atoms with Crippen molar-refractivity contribution in [1.29, 1.82) is 0 Å². The van der Waals surface area contributed by atoms with E-state index in [4.69, 9.17) is 4.74 Å².